The molecule has 5 heteroatoms. The van der Waals surface area contributed by atoms with E-state index in [2.05, 4.69) is 48.3 Å². The molecule has 1 heterocycles. The minimum absolute atomic E-state index is 0.0389. The largest absolute Gasteiger partial charge is 0.370 e. The van der Waals surface area contributed by atoms with Crippen LogP contribution in [0.3, 0.4) is 0 Å². The number of nitrogens with zero attached hydrogens (tertiary/aromatic N) is 2. The van der Waals surface area contributed by atoms with Crippen molar-refractivity contribution in [1.82, 2.24) is 9.97 Å². The minimum Gasteiger partial charge on any atom is -0.370 e. The molecule has 0 aliphatic rings. The predicted molar refractivity (Wildman–Crippen MR) is 68.6 cm³/mol. The third-order valence-electron chi connectivity index (χ3n) is 1.80. The lowest BCUT2D eigenvalue weighted by molar-refractivity contribution is 0.630. The highest BCUT2D eigenvalue weighted by atomic mass is 15.1. The molecular weight excluding hydrogens is 202 g/mol. The van der Waals surface area contributed by atoms with Crippen molar-refractivity contribution in [3.8, 4) is 0 Å². The van der Waals surface area contributed by atoms with Crippen molar-refractivity contribution in [2.24, 2.45) is 0 Å². The van der Waals surface area contributed by atoms with Crippen LogP contribution in [0.15, 0.2) is 6.07 Å². The lowest BCUT2D eigenvalue weighted by atomic mass is 10.1. The zero-order valence-corrected chi connectivity index (χ0v) is 10.5. The fraction of sp³-hybridized carbons (Fsp3) is 0.636. The highest BCUT2D eigenvalue weighted by Gasteiger charge is 2.11. The van der Waals surface area contributed by atoms with Gasteiger partial charge in [0.2, 0.25) is 5.95 Å². The van der Waals surface area contributed by atoms with Gasteiger partial charge in [0.25, 0.3) is 0 Å². The first-order chi connectivity index (χ1) is 7.40. The van der Waals surface area contributed by atoms with E-state index in [-0.39, 0.29) is 11.5 Å². The normalized spacial score (nSPS) is 11.2. The number of hydrogen-bond acceptors (Lipinski definition) is 5. The molecule has 1 aromatic rings. The van der Waals surface area contributed by atoms with Gasteiger partial charge in [0.05, 0.1) is 0 Å². The molecule has 0 unspecified atom stereocenters. The average Bonchev–Trinajstić information content (AvgIpc) is 2.10. The Bertz CT molecular complexity index is 343. The van der Waals surface area contributed by atoms with Crippen LogP contribution in [0.2, 0.25) is 0 Å². The molecule has 1 aromatic heterocycles. The number of aromatic nitrogens is 2. The fourth-order valence-electron chi connectivity index (χ4n) is 1.26. The molecule has 0 amide bonds. The summed E-state index contributed by atoms with van der Waals surface area (Å²) in [5, 5.41) is 6.46. The van der Waals surface area contributed by atoms with Crippen LogP contribution >= 0.6 is 0 Å². The van der Waals surface area contributed by atoms with Gasteiger partial charge in [-0.15, -0.1) is 0 Å². The number of nitrogens with two attached hydrogens (primary N) is 1. The smallest absolute Gasteiger partial charge is 0.223 e. The Kier molecular flexibility index (Phi) is 3.93. The van der Waals surface area contributed by atoms with E-state index in [1.54, 1.807) is 0 Å². The van der Waals surface area contributed by atoms with E-state index in [0.717, 1.165) is 24.6 Å². The van der Waals surface area contributed by atoms with Gasteiger partial charge < -0.3 is 16.4 Å². The van der Waals surface area contributed by atoms with Gasteiger partial charge in [0, 0.05) is 18.2 Å². The second-order valence-corrected chi connectivity index (χ2v) is 4.80. The molecule has 0 spiro atoms. The maximum atomic E-state index is 5.65. The molecule has 0 aromatic carbocycles. The van der Waals surface area contributed by atoms with Crippen molar-refractivity contribution in [3.63, 3.8) is 0 Å². The Hall–Kier alpha value is -1.52. The Morgan fingerprint density at radius 2 is 1.88 bits per heavy atom. The second kappa shape index (κ2) is 5.01. The average molecular weight is 223 g/mol. The van der Waals surface area contributed by atoms with Crippen LogP contribution in [0.4, 0.5) is 17.6 Å². The summed E-state index contributed by atoms with van der Waals surface area (Å²) in [6, 6.07) is 1.87. The summed E-state index contributed by atoms with van der Waals surface area (Å²) >= 11 is 0. The van der Waals surface area contributed by atoms with Crippen molar-refractivity contribution in [2.75, 3.05) is 22.9 Å². The van der Waals surface area contributed by atoms with Gasteiger partial charge in [-0.25, -0.2) is 0 Å². The molecular formula is C11H21N5. The summed E-state index contributed by atoms with van der Waals surface area (Å²) in [5.41, 5.74) is 5.61. The third kappa shape index (κ3) is 4.33. The maximum Gasteiger partial charge on any atom is 0.223 e. The first-order valence-corrected chi connectivity index (χ1v) is 5.57. The number of rotatable bonds is 4. The number of nitrogens with one attached hydrogen (secondary N) is 2. The molecule has 0 aliphatic carbocycles. The Morgan fingerprint density at radius 1 is 1.25 bits per heavy atom. The van der Waals surface area contributed by atoms with Crippen LogP contribution in [0.5, 0.6) is 0 Å². The van der Waals surface area contributed by atoms with Gasteiger partial charge in [-0.05, 0) is 27.2 Å². The van der Waals surface area contributed by atoms with Gasteiger partial charge in [0.15, 0.2) is 0 Å². The number of nitrogen functional groups attached to an aromatic ring is 1. The van der Waals surface area contributed by atoms with Crippen LogP contribution in [-0.4, -0.2) is 22.1 Å². The topological polar surface area (TPSA) is 75.9 Å². The molecule has 16 heavy (non-hydrogen) atoms. The van der Waals surface area contributed by atoms with E-state index < -0.39 is 0 Å². The third-order valence-corrected chi connectivity index (χ3v) is 1.80. The Morgan fingerprint density at radius 3 is 2.44 bits per heavy atom. The van der Waals surface area contributed by atoms with Crippen molar-refractivity contribution in [1.29, 1.82) is 0 Å². The second-order valence-electron chi connectivity index (χ2n) is 4.80. The van der Waals surface area contributed by atoms with Gasteiger partial charge in [-0.3, -0.25) is 0 Å². The quantitative estimate of drug-likeness (QED) is 0.728. The molecule has 0 bridgehead atoms. The summed E-state index contributed by atoms with van der Waals surface area (Å²) in [7, 11) is 0. The van der Waals surface area contributed by atoms with Crippen molar-refractivity contribution < 1.29 is 0 Å². The van der Waals surface area contributed by atoms with E-state index in [0.29, 0.717) is 0 Å². The van der Waals surface area contributed by atoms with Crippen LogP contribution < -0.4 is 16.4 Å². The first-order valence-electron chi connectivity index (χ1n) is 5.57. The lowest BCUT2D eigenvalue weighted by Crippen LogP contribution is -2.27. The Labute approximate surface area is 96.9 Å². The molecule has 0 aliphatic heterocycles. The number of hydrogen-bond donors (Lipinski definition) is 3. The predicted octanol–water partition coefficient (Wildman–Crippen LogP) is 2.09. The van der Waals surface area contributed by atoms with E-state index in [9.17, 15) is 0 Å². The van der Waals surface area contributed by atoms with Crippen molar-refractivity contribution in [2.45, 2.75) is 39.7 Å². The van der Waals surface area contributed by atoms with Gasteiger partial charge >= 0.3 is 0 Å². The van der Waals surface area contributed by atoms with E-state index in [1.807, 2.05) is 6.07 Å². The molecule has 90 valence electrons. The van der Waals surface area contributed by atoms with E-state index in [1.165, 1.54) is 0 Å². The molecule has 5 nitrogen and oxygen atoms in total. The summed E-state index contributed by atoms with van der Waals surface area (Å²) in [6.07, 6.45) is 1.05. The molecule has 0 atom stereocenters. The highest BCUT2D eigenvalue weighted by molar-refractivity contribution is 5.51. The van der Waals surface area contributed by atoms with Crippen LogP contribution in [0.25, 0.3) is 0 Å². The molecule has 1 rings (SSSR count). The lowest BCUT2D eigenvalue weighted by Gasteiger charge is -2.21. The molecule has 0 radical (unpaired) electrons. The molecule has 0 saturated carbocycles. The zero-order chi connectivity index (χ0) is 12.2. The van der Waals surface area contributed by atoms with Gasteiger partial charge in [-0.1, -0.05) is 6.92 Å². The maximum absolute atomic E-state index is 5.65. The van der Waals surface area contributed by atoms with E-state index >= 15 is 0 Å². The zero-order valence-electron chi connectivity index (χ0n) is 10.5. The minimum atomic E-state index is -0.0389. The van der Waals surface area contributed by atoms with Gasteiger partial charge in [-0.2, -0.15) is 9.97 Å². The molecule has 0 saturated heterocycles. The standard InChI is InChI=1S/C11H21N5/c1-5-6-13-8-7-9(15-10(12)14-8)16-11(2,3)4/h7H,5-6H2,1-4H3,(H4,12,13,14,15,16). The van der Waals surface area contributed by atoms with Crippen LogP contribution in [0, 0.1) is 0 Å². The van der Waals surface area contributed by atoms with E-state index in [4.69, 9.17) is 5.73 Å². The fourth-order valence-corrected chi connectivity index (χ4v) is 1.26. The van der Waals surface area contributed by atoms with Crippen molar-refractivity contribution >= 4 is 17.6 Å². The highest BCUT2D eigenvalue weighted by Crippen LogP contribution is 2.16. The summed E-state index contributed by atoms with van der Waals surface area (Å²) in [4.78, 5) is 8.26. The monoisotopic (exact) mass is 223 g/mol. The number of anilines is 3. The van der Waals surface area contributed by atoms with Crippen molar-refractivity contribution in [3.05, 3.63) is 6.07 Å². The van der Waals surface area contributed by atoms with Crippen LogP contribution in [-0.2, 0) is 0 Å². The molecule has 0 fully saturated rings. The summed E-state index contributed by atoms with van der Waals surface area (Å²) in [6.45, 7) is 9.20. The Balaban J connectivity index is 2.81. The summed E-state index contributed by atoms with van der Waals surface area (Å²) in [5.74, 6) is 1.80. The van der Waals surface area contributed by atoms with Crippen LogP contribution in [0.1, 0.15) is 34.1 Å². The first kappa shape index (κ1) is 12.5. The SMILES string of the molecule is CCCNc1cc(NC(C)(C)C)nc(N)n1. The molecule has 4 N–H and O–H groups in total. The summed E-state index contributed by atoms with van der Waals surface area (Å²) < 4.78 is 0. The van der Waals surface area contributed by atoms with Gasteiger partial charge in [0.1, 0.15) is 11.6 Å².